The van der Waals surface area contributed by atoms with Crippen LogP contribution in [0.25, 0.3) is 11.3 Å². The molecule has 3 rings (SSSR count). The van der Waals surface area contributed by atoms with Gasteiger partial charge in [-0.2, -0.15) is 10.2 Å². The van der Waals surface area contributed by atoms with Crippen LogP contribution in [-0.2, 0) is 0 Å². The molecule has 0 saturated heterocycles. The molecule has 1 amide bonds. The molecule has 0 atom stereocenters. The van der Waals surface area contributed by atoms with Gasteiger partial charge in [-0.25, -0.2) is 5.43 Å². The highest BCUT2D eigenvalue weighted by atomic mass is 35.5. The van der Waals surface area contributed by atoms with Gasteiger partial charge in [0.25, 0.3) is 5.91 Å². The summed E-state index contributed by atoms with van der Waals surface area (Å²) in [6.45, 7) is 1.81. The number of methoxy groups -OCH3 is 1. The van der Waals surface area contributed by atoms with Crippen LogP contribution in [0.3, 0.4) is 0 Å². The molecule has 3 aromatic rings. The number of amides is 1. The molecular weight excluding hydrogens is 352 g/mol. The van der Waals surface area contributed by atoms with Gasteiger partial charge in [-0.15, -0.1) is 0 Å². The summed E-state index contributed by atoms with van der Waals surface area (Å²) in [5, 5.41) is 11.5. The van der Waals surface area contributed by atoms with Gasteiger partial charge >= 0.3 is 0 Å². The Morgan fingerprint density at radius 2 is 1.92 bits per heavy atom. The predicted octanol–water partition coefficient (Wildman–Crippen LogP) is 3.89. The second-order valence-electron chi connectivity index (χ2n) is 5.51. The van der Waals surface area contributed by atoms with E-state index in [1.165, 1.54) is 0 Å². The van der Waals surface area contributed by atoms with Gasteiger partial charge in [0.2, 0.25) is 0 Å². The highest BCUT2D eigenvalue weighted by Gasteiger charge is 2.12. The van der Waals surface area contributed by atoms with E-state index in [0.29, 0.717) is 22.1 Å². The van der Waals surface area contributed by atoms with E-state index in [1.54, 1.807) is 19.2 Å². The fourth-order valence-electron chi connectivity index (χ4n) is 2.34. The maximum atomic E-state index is 12.3. The van der Waals surface area contributed by atoms with Crippen LogP contribution in [0.15, 0.2) is 59.7 Å². The number of aromatic amines is 1. The first kappa shape index (κ1) is 17.7. The number of carbonyl (C=O) groups excluding carboxylic acids is 1. The summed E-state index contributed by atoms with van der Waals surface area (Å²) in [4.78, 5) is 12.3. The maximum Gasteiger partial charge on any atom is 0.289 e. The lowest BCUT2D eigenvalue weighted by molar-refractivity contribution is 0.0950. The minimum absolute atomic E-state index is 0.297. The van der Waals surface area contributed by atoms with Crippen molar-refractivity contribution in [3.8, 4) is 17.0 Å². The van der Waals surface area contributed by atoms with Crippen LogP contribution >= 0.6 is 11.6 Å². The smallest absolute Gasteiger partial charge is 0.289 e. The first-order valence-corrected chi connectivity index (χ1v) is 8.25. The second-order valence-corrected chi connectivity index (χ2v) is 5.92. The molecule has 0 unspecified atom stereocenters. The number of nitrogens with zero attached hydrogens (tertiary/aromatic N) is 2. The van der Waals surface area contributed by atoms with E-state index in [-0.39, 0.29) is 5.91 Å². The van der Waals surface area contributed by atoms with Crippen molar-refractivity contribution in [2.24, 2.45) is 5.10 Å². The van der Waals surface area contributed by atoms with E-state index in [2.05, 4.69) is 20.7 Å². The van der Waals surface area contributed by atoms with Crippen molar-refractivity contribution < 1.29 is 9.53 Å². The molecule has 0 radical (unpaired) electrons. The van der Waals surface area contributed by atoms with Crippen LogP contribution in [-0.4, -0.2) is 28.9 Å². The van der Waals surface area contributed by atoms with Crippen LogP contribution < -0.4 is 10.2 Å². The molecule has 0 bridgehead atoms. The fraction of sp³-hybridized carbons (Fsp3) is 0.105. The zero-order valence-corrected chi connectivity index (χ0v) is 15.0. The SMILES string of the molecule is COc1ccc(C(C)=NNC(=O)c2cc(-c3ccccc3Cl)n[nH]2)cc1. The maximum absolute atomic E-state index is 12.3. The van der Waals surface area contributed by atoms with E-state index in [0.717, 1.165) is 16.9 Å². The average molecular weight is 369 g/mol. The van der Waals surface area contributed by atoms with Gasteiger partial charge in [-0.05, 0) is 48.9 Å². The van der Waals surface area contributed by atoms with Crippen molar-refractivity contribution in [1.29, 1.82) is 0 Å². The molecule has 1 aromatic heterocycles. The minimum Gasteiger partial charge on any atom is -0.497 e. The lowest BCUT2D eigenvalue weighted by Crippen LogP contribution is -2.19. The molecule has 0 aliphatic heterocycles. The van der Waals surface area contributed by atoms with E-state index in [1.807, 2.05) is 49.4 Å². The van der Waals surface area contributed by atoms with E-state index in [4.69, 9.17) is 16.3 Å². The number of benzene rings is 2. The molecule has 6 nitrogen and oxygen atoms in total. The highest BCUT2D eigenvalue weighted by molar-refractivity contribution is 6.33. The summed E-state index contributed by atoms with van der Waals surface area (Å²) >= 11 is 6.15. The number of hydrazone groups is 1. The Bertz CT molecular complexity index is 948. The van der Waals surface area contributed by atoms with Crippen molar-refractivity contribution in [3.63, 3.8) is 0 Å². The Labute approximate surface area is 155 Å². The second kappa shape index (κ2) is 7.84. The van der Waals surface area contributed by atoms with Crippen LogP contribution in [0, 0.1) is 0 Å². The molecule has 0 spiro atoms. The predicted molar refractivity (Wildman–Crippen MR) is 102 cm³/mol. The lowest BCUT2D eigenvalue weighted by Gasteiger charge is -2.03. The van der Waals surface area contributed by atoms with Crippen LogP contribution in [0.2, 0.25) is 5.02 Å². The number of H-pyrrole nitrogens is 1. The number of rotatable bonds is 5. The molecule has 132 valence electrons. The van der Waals surface area contributed by atoms with Crippen molar-refractivity contribution >= 4 is 23.2 Å². The zero-order valence-electron chi connectivity index (χ0n) is 14.3. The summed E-state index contributed by atoms with van der Waals surface area (Å²) in [7, 11) is 1.61. The first-order chi connectivity index (χ1) is 12.6. The Hall–Kier alpha value is -3.12. The zero-order chi connectivity index (χ0) is 18.5. The molecule has 7 heteroatoms. The molecule has 1 heterocycles. The van der Waals surface area contributed by atoms with Gasteiger partial charge in [-0.3, -0.25) is 9.89 Å². The third kappa shape index (κ3) is 3.92. The third-order valence-corrected chi connectivity index (χ3v) is 4.13. The van der Waals surface area contributed by atoms with Crippen molar-refractivity contribution in [2.75, 3.05) is 7.11 Å². The molecule has 0 aliphatic carbocycles. The highest BCUT2D eigenvalue weighted by Crippen LogP contribution is 2.26. The molecular formula is C19H17ClN4O2. The topological polar surface area (TPSA) is 79.4 Å². The minimum atomic E-state index is -0.385. The molecule has 26 heavy (non-hydrogen) atoms. The van der Waals surface area contributed by atoms with Gasteiger partial charge in [0.05, 0.1) is 23.5 Å². The van der Waals surface area contributed by atoms with Gasteiger partial charge in [0, 0.05) is 5.56 Å². The number of halogens is 1. The molecule has 0 fully saturated rings. The van der Waals surface area contributed by atoms with Gasteiger partial charge < -0.3 is 4.74 Å². The quantitative estimate of drug-likeness (QED) is 0.529. The van der Waals surface area contributed by atoms with E-state index < -0.39 is 0 Å². The molecule has 2 aromatic carbocycles. The van der Waals surface area contributed by atoms with Crippen molar-refractivity contribution in [2.45, 2.75) is 6.92 Å². The molecule has 0 saturated carbocycles. The van der Waals surface area contributed by atoms with Gasteiger partial charge in [-0.1, -0.05) is 29.8 Å². The summed E-state index contributed by atoms with van der Waals surface area (Å²) in [6.07, 6.45) is 0. The van der Waals surface area contributed by atoms with Gasteiger partial charge in [0.1, 0.15) is 11.4 Å². The largest absolute Gasteiger partial charge is 0.497 e. The van der Waals surface area contributed by atoms with E-state index >= 15 is 0 Å². The number of nitrogens with one attached hydrogen (secondary N) is 2. The summed E-state index contributed by atoms with van der Waals surface area (Å²) in [6, 6.07) is 16.3. The van der Waals surface area contributed by atoms with E-state index in [9.17, 15) is 4.79 Å². The average Bonchev–Trinajstić information content (AvgIpc) is 3.16. The van der Waals surface area contributed by atoms with Crippen LogP contribution in [0.4, 0.5) is 0 Å². The summed E-state index contributed by atoms with van der Waals surface area (Å²) < 4.78 is 5.12. The number of aromatic nitrogens is 2. The van der Waals surface area contributed by atoms with Crippen molar-refractivity contribution in [3.05, 3.63) is 70.9 Å². The third-order valence-electron chi connectivity index (χ3n) is 3.81. The normalized spacial score (nSPS) is 11.3. The number of carbonyl (C=O) groups is 1. The Kier molecular flexibility index (Phi) is 5.34. The first-order valence-electron chi connectivity index (χ1n) is 7.88. The van der Waals surface area contributed by atoms with Crippen LogP contribution in [0.5, 0.6) is 5.75 Å². The number of hydrogen-bond acceptors (Lipinski definition) is 4. The fourth-order valence-corrected chi connectivity index (χ4v) is 2.57. The number of ether oxygens (including phenoxy) is 1. The number of hydrogen-bond donors (Lipinski definition) is 2. The van der Waals surface area contributed by atoms with Crippen LogP contribution in [0.1, 0.15) is 23.0 Å². The molecule has 2 N–H and O–H groups in total. The Morgan fingerprint density at radius 3 is 2.62 bits per heavy atom. The monoisotopic (exact) mass is 368 g/mol. The summed E-state index contributed by atoms with van der Waals surface area (Å²) in [5.74, 6) is 0.374. The standard InChI is InChI=1S/C19H17ClN4O2/c1-12(13-7-9-14(26-2)10-8-13)21-24-19(25)18-11-17(22-23-18)15-5-3-4-6-16(15)20/h3-11H,1-2H3,(H,22,23)(H,24,25). The Morgan fingerprint density at radius 1 is 1.19 bits per heavy atom. The lowest BCUT2D eigenvalue weighted by atomic mass is 10.1. The summed E-state index contributed by atoms with van der Waals surface area (Å²) in [5.41, 5.74) is 5.72. The Balaban J connectivity index is 1.71. The van der Waals surface area contributed by atoms with Gasteiger partial charge in [0.15, 0.2) is 0 Å². The molecule has 0 aliphatic rings. The van der Waals surface area contributed by atoms with Crippen molar-refractivity contribution in [1.82, 2.24) is 15.6 Å².